The molecular weight excluding hydrogens is 210 g/mol. The maximum Gasteiger partial charge on any atom is 0.171 e. The van der Waals surface area contributed by atoms with Crippen LogP contribution in [0, 0.1) is 5.92 Å². The van der Waals surface area contributed by atoms with Crippen molar-refractivity contribution in [2.24, 2.45) is 5.92 Å². The van der Waals surface area contributed by atoms with E-state index in [1.807, 2.05) is 0 Å². The first-order valence-corrected chi connectivity index (χ1v) is 5.94. The molecule has 0 aromatic carbocycles. The topological polar surface area (TPSA) is 37.8 Å². The summed E-state index contributed by atoms with van der Waals surface area (Å²) >= 11 is 5.91. The van der Waals surface area contributed by atoms with Crippen LogP contribution in [-0.4, -0.2) is 16.5 Å². The van der Waals surface area contributed by atoms with Crippen LogP contribution in [0.1, 0.15) is 32.1 Å². The number of hydrogen-bond donors (Lipinski definition) is 1. The fourth-order valence-electron chi connectivity index (χ4n) is 2.07. The third kappa shape index (κ3) is 3.06. The van der Waals surface area contributed by atoms with Crippen molar-refractivity contribution in [3.63, 3.8) is 0 Å². The minimum Gasteiger partial charge on any atom is -0.367 e. The average molecular weight is 226 g/mol. The summed E-state index contributed by atoms with van der Waals surface area (Å²) in [5.41, 5.74) is 0. The first-order valence-electron chi connectivity index (χ1n) is 5.56. The number of halogens is 1. The summed E-state index contributed by atoms with van der Waals surface area (Å²) in [4.78, 5) is 8.14. The Hall–Kier alpha value is -0.830. The number of anilines is 1. The van der Waals surface area contributed by atoms with Crippen LogP contribution in [0.2, 0.25) is 5.15 Å². The van der Waals surface area contributed by atoms with Crippen molar-refractivity contribution in [1.82, 2.24) is 9.97 Å². The first-order chi connectivity index (χ1) is 7.36. The lowest BCUT2D eigenvalue weighted by Crippen LogP contribution is -2.17. The van der Waals surface area contributed by atoms with Crippen LogP contribution in [0.4, 0.5) is 5.82 Å². The Morgan fingerprint density at radius 2 is 1.93 bits per heavy atom. The van der Waals surface area contributed by atoms with Gasteiger partial charge in [-0.25, -0.2) is 9.97 Å². The van der Waals surface area contributed by atoms with Crippen molar-refractivity contribution >= 4 is 17.4 Å². The molecule has 1 aliphatic carbocycles. The van der Waals surface area contributed by atoms with Gasteiger partial charge in [-0.3, -0.25) is 0 Å². The summed E-state index contributed by atoms with van der Waals surface area (Å²) in [6, 6.07) is 0. The van der Waals surface area contributed by atoms with Crippen LogP contribution in [0.3, 0.4) is 0 Å². The van der Waals surface area contributed by atoms with Gasteiger partial charge in [0.05, 0.1) is 0 Å². The highest BCUT2D eigenvalue weighted by molar-refractivity contribution is 6.31. The molecule has 0 radical (unpaired) electrons. The van der Waals surface area contributed by atoms with Crippen LogP contribution >= 0.6 is 11.6 Å². The van der Waals surface area contributed by atoms with E-state index in [4.69, 9.17) is 11.6 Å². The van der Waals surface area contributed by atoms with Crippen molar-refractivity contribution in [3.8, 4) is 0 Å². The van der Waals surface area contributed by atoms with Gasteiger partial charge in [-0.05, 0) is 18.8 Å². The molecule has 0 unspecified atom stereocenters. The summed E-state index contributed by atoms with van der Waals surface area (Å²) in [5.74, 6) is 1.49. The van der Waals surface area contributed by atoms with Crippen LogP contribution < -0.4 is 5.32 Å². The highest BCUT2D eigenvalue weighted by Gasteiger charge is 2.13. The second kappa shape index (κ2) is 5.31. The molecule has 0 saturated heterocycles. The number of nitrogens with one attached hydrogen (secondary N) is 1. The molecule has 1 aromatic heterocycles. The molecule has 0 atom stereocenters. The molecule has 1 saturated carbocycles. The van der Waals surface area contributed by atoms with E-state index in [0.717, 1.165) is 12.5 Å². The maximum atomic E-state index is 5.91. The predicted octanol–water partition coefficient (Wildman–Crippen LogP) is 3.12. The van der Waals surface area contributed by atoms with Gasteiger partial charge in [0.1, 0.15) is 0 Å². The van der Waals surface area contributed by atoms with Gasteiger partial charge >= 0.3 is 0 Å². The third-order valence-electron chi connectivity index (χ3n) is 2.94. The number of aromatic nitrogens is 2. The fourth-order valence-corrected chi connectivity index (χ4v) is 2.24. The molecule has 4 heteroatoms. The molecule has 2 rings (SSSR count). The maximum absolute atomic E-state index is 5.91. The molecule has 0 aliphatic heterocycles. The standard InChI is InChI=1S/C11H16ClN3/c12-10-11(14-7-6-13-10)15-8-9-4-2-1-3-5-9/h6-7,9H,1-5,8H2,(H,14,15). The van der Waals surface area contributed by atoms with Crippen molar-refractivity contribution in [2.45, 2.75) is 32.1 Å². The predicted molar refractivity (Wildman–Crippen MR) is 62.1 cm³/mol. The smallest absolute Gasteiger partial charge is 0.171 e. The lowest BCUT2D eigenvalue weighted by molar-refractivity contribution is 0.373. The first kappa shape index (κ1) is 10.7. The van der Waals surface area contributed by atoms with Gasteiger partial charge in [0, 0.05) is 18.9 Å². The third-order valence-corrected chi connectivity index (χ3v) is 3.21. The van der Waals surface area contributed by atoms with E-state index in [9.17, 15) is 0 Å². The Labute approximate surface area is 95.3 Å². The van der Waals surface area contributed by atoms with Crippen molar-refractivity contribution in [1.29, 1.82) is 0 Å². The van der Waals surface area contributed by atoms with E-state index in [1.165, 1.54) is 32.1 Å². The number of nitrogens with zero attached hydrogens (tertiary/aromatic N) is 2. The van der Waals surface area contributed by atoms with E-state index in [2.05, 4.69) is 15.3 Å². The van der Waals surface area contributed by atoms with E-state index in [0.29, 0.717) is 11.0 Å². The van der Waals surface area contributed by atoms with Crippen molar-refractivity contribution in [2.75, 3.05) is 11.9 Å². The van der Waals surface area contributed by atoms with Gasteiger partial charge in [-0.1, -0.05) is 30.9 Å². The van der Waals surface area contributed by atoms with Gasteiger partial charge in [-0.15, -0.1) is 0 Å². The van der Waals surface area contributed by atoms with Gasteiger partial charge < -0.3 is 5.32 Å². The zero-order valence-corrected chi connectivity index (χ0v) is 9.50. The molecular formula is C11H16ClN3. The molecule has 0 bridgehead atoms. The quantitative estimate of drug-likeness (QED) is 0.859. The molecule has 1 aromatic rings. The SMILES string of the molecule is Clc1nccnc1NCC1CCCCC1. The zero-order chi connectivity index (χ0) is 10.5. The van der Waals surface area contributed by atoms with E-state index >= 15 is 0 Å². The molecule has 15 heavy (non-hydrogen) atoms. The minimum atomic E-state index is 0.466. The van der Waals surface area contributed by atoms with Gasteiger partial charge in [0.15, 0.2) is 11.0 Å². The average Bonchev–Trinajstić information content (AvgIpc) is 2.29. The molecule has 3 nitrogen and oxygen atoms in total. The monoisotopic (exact) mass is 225 g/mol. The molecule has 0 amide bonds. The van der Waals surface area contributed by atoms with Crippen molar-refractivity contribution in [3.05, 3.63) is 17.5 Å². The summed E-state index contributed by atoms with van der Waals surface area (Å²) < 4.78 is 0. The Kier molecular flexibility index (Phi) is 3.78. The normalized spacial score (nSPS) is 17.7. The van der Waals surface area contributed by atoms with Crippen LogP contribution in [0.15, 0.2) is 12.4 Å². The van der Waals surface area contributed by atoms with Crippen LogP contribution in [0.25, 0.3) is 0 Å². The van der Waals surface area contributed by atoms with Gasteiger partial charge in [0.2, 0.25) is 0 Å². The molecule has 1 fully saturated rings. The Balaban J connectivity index is 1.84. The lowest BCUT2D eigenvalue weighted by atomic mass is 9.89. The largest absolute Gasteiger partial charge is 0.367 e. The van der Waals surface area contributed by atoms with Crippen molar-refractivity contribution < 1.29 is 0 Å². The summed E-state index contributed by atoms with van der Waals surface area (Å²) in [6.07, 6.45) is 10.0. The Morgan fingerprint density at radius 1 is 1.20 bits per heavy atom. The highest BCUT2D eigenvalue weighted by atomic mass is 35.5. The second-order valence-electron chi connectivity index (χ2n) is 4.08. The van der Waals surface area contributed by atoms with Crippen LogP contribution in [-0.2, 0) is 0 Å². The van der Waals surface area contributed by atoms with Gasteiger partial charge in [0.25, 0.3) is 0 Å². The fraction of sp³-hybridized carbons (Fsp3) is 0.636. The van der Waals surface area contributed by atoms with E-state index in [1.54, 1.807) is 12.4 Å². The Morgan fingerprint density at radius 3 is 2.67 bits per heavy atom. The molecule has 1 N–H and O–H groups in total. The zero-order valence-electron chi connectivity index (χ0n) is 8.75. The summed E-state index contributed by atoms with van der Waals surface area (Å²) in [7, 11) is 0. The minimum absolute atomic E-state index is 0.466. The molecule has 0 spiro atoms. The molecule has 1 heterocycles. The van der Waals surface area contributed by atoms with Gasteiger partial charge in [-0.2, -0.15) is 0 Å². The number of rotatable bonds is 3. The number of hydrogen-bond acceptors (Lipinski definition) is 3. The molecule has 82 valence electrons. The van der Waals surface area contributed by atoms with E-state index in [-0.39, 0.29) is 0 Å². The summed E-state index contributed by atoms with van der Waals surface area (Å²) in [5, 5.41) is 3.74. The van der Waals surface area contributed by atoms with E-state index < -0.39 is 0 Å². The Bertz CT molecular complexity index is 310. The van der Waals surface area contributed by atoms with Crippen LogP contribution in [0.5, 0.6) is 0 Å². The molecule has 1 aliphatic rings. The second-order valence-corrected chi connectivity index (χ2v) is 4.44. The lowest BCUT2D eigenvalue weighted by Gasteiger charge is -2.21. The highest BCUT2D eigenvalue weighted by Crippen LogP contribution is 2.24. The summed E-state index contributed by atoms with van der Waals surface area (Å²) in [6.45, 7) is 0.971.